The van der Waals surface area contributed by atoms with Crippen LogP contribution >= 0.6 is 0 Å². The second kappa shape index (κ2) is 5.50. The van der Waals surface area contributed by atoms with Crippen molar-refractivity contribution < 1.29 is 5.11 Å². The Morgan fingerprint density at radius 3 is 2.56 bits per heavy atom. The topological polar surface area (TPSA) is 23.5 Å². The van der Waals surface area contributed by atoms with Gasteiger partial charge in [0.25, 0.3) is 0 Å². The van der Waals surface area contributed by atoms with Crippen LogP contribution in [0.2, 0.25) is 0 Å². The summed E-state index contributed by atoms with van der Waals surface area (Å²) in [4.78, 5) is 2.67. The second-order valence-electron chi connectivity index (χ2n) is 7.06. The van der Waals surface area contributed by atoms with Gasteiger partial charge in [-0.1, -0.05) is 32.1 Å². The van der Waals surface area contributed by atoms with Crippen LogP contribution in [0.3, 0.4) is 0 Å². The fraction of sp³-hybridized carbons (Fsp3) is 1.00. The van der Waals surface area contributed by atoms with Crippen molar-refractivity contribution in [3.63, 3.8) is 0 Å². The molecule has 3 aliphatic rings. The lowest BCUT2D eigenvalue weighted by Gasteiger charge is -2.48. The number of piperidine rings is 1. The molecule has 2 aliphatic carbocycles. The third-order valence-corrected chi connectivity index (χ3v) is 5.75. The Bertz CT molecular complexity index is 274. The molecule has 0 amide bonds. The van der Waals surface area contributed by atoms with Gasteiger partial charge in [-0.3, -0.25) is 0 Å². The number of hydrogen-bond donors (Lipinski definition) is 1. The van der Waals surface area contributed by atoms with Gasteiger partial charge >= 0.3 is 0 Å². The van der Waals surface area contributed by atoms with E-state index in [0.717, 1.165) is 25.3 Å². The number of nitrogens with zero attached hydrogens (tertiary/aromatic N) is 1. The SMILES string of the molecule is OC12CCCCC1CN(CC1CCCCC1)CC2. The van der Waals surface area contributed by atoms with Crippen LogP contribution in [0.25, 0.3) is 0 Å². The summed E-state index contributed by atoms with van der Waals surface area (Å²) < 4.78 is 0. The smallest absolute Gasteiger partial charge is 0.0700 e. The van der Waals surface area contributed by atoms with Crippen molar-refractivity contribution in [2.24, 2.45) is 11.8 Å². The Morgan fingerprint density at radius 2 is 1.72 bits per heavy atom. The maximum Gasteiger partial charge on any atom is 0.0700 e. The van der Waals surface area contributed by atoms with Crippen LogP contribution in [-0.4, -0.2) is 35.2 Å². The van der Waals surface area contributed by atoms with Crippen molar-refractivity contribution in [1.82, 2.24) is 4.90 Å². The van der Waals surface area contributed by atoms with Crippen LogP contribution in [0.5, 0.6) is 0 Å². The van der Waals surface area contributed by atoms with Crippen molar-refractivity contribution >= 4 is 0 Å². The average molecular weight is 251 g/mol. The standard InChI is InChI=1S/C16H29NO/c18-16-9-5-4-8-15(16)13-17(11-10-16)12-14-6-2-1-3-7-14/h14-15,18H,1-13H2. The highest BCUT2D eigenvalue weighted by molar-refractivity contribution is 4.95. The monoisotopic (exact) mass is 251 g/mol. The number of hydrogen-bond acceptors (Lipinski definition) is 2. The van der Waals surface area contributed by atoms with Crippen LogP contribution < -0.4 is 0 Å². The Kier molecular flexibility index (Phi) is 3.95. The van der Waals surface area contributed by atoms with E-state index in [9.17, 15) is 5.11 Å². The molecule has 0 aromatic carbocycles. The minimum absolute atomic E-state index is 0.290. The van der Waals surface area contributed by atoms with Crippen LogP contribution in [0.4, 0.5) is 0 Å². The van der Waals surface area contributed by atoms with Gasteiger partial charge in [-0.15, -0.1) is 0 Å². The lowest BCUT2D eigenvalue weighted by atomic mass is 9.71. The van der Waals surface area contributed by atoms with Crippen molar-refractivity contribution in [1.29, 1.82) is 0 Å². The van der Waals surface area contributed by atoms with Gasteiger partial charge < -0.3 is 10.0 Å². The number of rotatable bonds is 2. The van der Waals surface area contributed by atoms with Crippen LogP contribution in [0, 0.1) is 11.8 Å². The second-order valence-corrected chi connectivity index (χ2v) is 7.06. The maximum atomic E-state index is 10.7. The van der Waals surface area contributed by atoms with E-state index in [1.165, 1.54) is 64.5 Å². The Labute approximate surface area is 112 Å². The molecule has 1 aliphatic heterocycles. The summed E-state index contributed by atoms with van der Waals surface area (Å²) in [5.74, 6) is 1.53. The number of aliphatic hydroxyl groups is 1. The molecule has 2 heteroatoms. The highest BCUT2D eigenvalue weighted by Gasteiger charge is 2.42. The Hall–Kier alpha value is -0.0800. The van der Waals surface area contributed by atoms with Gasteiger partial charge in [0.15, 0.2) is 0 Å². The van der Waals surface area contributed by atoms with Crippen LogP contribution in [0.15, 0.2) is 0 Å². The molecule has 1 heterocycles. The molecule has 2 nitrogen and oxygen atoms in total. The van der Waals surface area contributed by atoms with E-state index >= 15 is 0 Å². The van der Waals surface area contributed by atoms with Crippen molar-refractivity contribution in [3.8, 4) is 0 Å². The minimum Gasteiger partial charge on any atom is -0.390 e. The van der Waals surface area contributed by atoms with Gasteiger partial charge in [-0.25, -0.2) is 0 Å². The lowest BCUT2D eigenvalue weighted by molar-refractivity contribution is -0.0977. The molecule has 2 unspecified atom stereocenters. The molecular weight excluding hydrogens is 222 g/mol. The van der Waals surface area contributed by atoms with Crippen LogP contribution in [-0.2, 0) is 0 Å². The van der Waals surface area contributed by atoms with E-state index < -0.39 is 0 Å². The van der Waals surface area contributed by atoms with Crippen molar-refractivity contribution in [3.05, 3.63) is 0 Å². The van der Waals surface area contributed by atoms with Gasteiger partial charge in [0, 0.05) is 25.6 Å². The predicted octanol–water partition coefficient (Wildman–Crippen LogP) is 3.19. The fourth-order valence-corrected chi connectivity index (χ4v) is 4.54. The highest BCUT2D eigenvalue weighted by atomic mass is 16.3. The first-order valence-electron chi connectivity index (χ1n) is 8.21. The van der Waals surface area contributed by atoms with Gasteiger partial charge in [0.1, 0.15) is 0 Å². The summed E-state index contributed by atoms with van der Waals surface area (Å²) in [7, 11) is 0. The molecule has 0 bridgehead atoms. The summed E-state index contributed by atoms with van der Waals surface area (Å²) >= 11 is 0. The summed E-state index contributed by atoms with van der Waals surface area (Å²) in [6.07, 6.45) is 13.2. The molecule has 1 N–H and O–H groups in total. The third kappa shape index (κ3) is 2.75. The molecule has 0 aromatic rings. The van der Waals surface area contributed by atoms with E-state index in [1.807, 2.05) is 0 Å². The first kappa shape index (κ1) is 12.9. The Balaban J connectivity index is 1.53. The minimum atomic E-state index is -0.290. The normalized spacial score (nSPS) is 39.5. The van der Waals surface area contributed by atoms with Gasteiger partial charge in [-0.2, -0.15) is 0 Å². The molecule has 3 fully saturated rings. The third-order valence-electron chi connectivity index (χ3n) is 5.75. The van der Waals surface area contributed by atoms with Gasteiger partial charge in [0.2, 0.25) is 0 Å². The maximum absolute atomic E-state index is 10.7. The zero-order valence-electron chi connectivity index (χ0n) is 11.7. The van der Waals surface area contributed by atoms with Crippen molar-refractivity contribution in [2.75, 3.05) is 19.6 Å². The molecule has 2 saturated carbocycles. The fourth-order valence-electron chi connectivity index (χ4n) is 4.54. The average Bonchev–Trinajstić information content (AvgIpc) is 2.40. The molecule has 104 valence electrons. The Morgan fingerprint density at radius 1 is 0.944 bits per heavy atom. The predicted molar refractivity (Wildman–Crippen MR) is 74.5 cm³/mol. The zero-order chi connectivity index (χ0) is 12.4. The first-order chi connectivity index (χ1) is 8.76. The lowest BCUT2D eigenvalue weighted by Crippen LogP contribution is -2.54. The van der Waals surface area contributed by atoms with Gasteiger partial charge in [-0.05, 0) is 38.0 Å². The molecule has 3 rings (SSSR count). The number of likely N-dealkylation sites (tertiary alicyclic amines) is 1. The molecular formula is C16H29NO. The van der Waals surface area contributed by atoms with Crippen molar-refractivity contribution in [2.45, 2.75) is 69.8 Å². The quantitative estimate of drug-likeness (QED) is 0.814. The van der Waals surface area contributed by atoms with Crippen LogP contribution in [0.1, 0.15) is 64.2 Å². The number of fused-ring (bicyclic) bond motifs is 1. The van der Waals surface area contributed by atoms with E-state index in [2.05, 4.69) is 4.90 Å². The molecule has 0 radical (unpaired) electrons. The summed E-state index contributed by atoms with van der Waals surface area (Å²) in [6, 6.07) is 0. The van der Waals surface area contributed by atoms with E-state index in [-0.39, 0.29) is 5.60 Å². The zero-order valence-corrected chi connectivity index (χ0v) is 11.7. The molecule has 0 aromatic heterocycles. The first-order valence-corrected chi connectivity index (χ1v) is 8.21. The summed E-state index contributed by atoms with van der Waals surface area (Å²) in [5, 5.41) is 10.7. The molecule has 1 saturated heterocycles. The van der Waals surface area contributed by atoms with E-state index in [4.69, 9.17) is 0 Å². The highest BCUT2D eigenvalue weighted by Crippen LogP contribution is 2.40. The summed E-state index contributed by atoms with van der Waals surface area (Å²) in [5.41, 5.74) is -0.290. The van der Waals surface area contributed by atoms with E-state index in [1.54, 1.807) is 0 Å². The van der Waals surface area contributed by atoms with E-state index in [0.29, 0.717) is 5.92 Å². The largest absolute Gasteiger partial charge is 0.390 e. The molecule has 2 atom stereocenters. The van der Waals surface area contributed by atoms with Gasteiger partial charge in [0.05, 0.1) is 5.60 Å². The summed E-state index contributed by atoms with van der Waals surface area (Å²) in [6.45, 7) is 3.63. The molecule has 0 spiro atoms. The molecule has 18 heavy (non-hydrogen) atoms.